The normalized spacial score (nSPS) is 12.3. The molecule has 0 aliphatic rings. The quantitative estimate of drug-likeness (QED) is 0.118. The number of aldehydes is 1. The summed E-state index contributed by atoms with van der Waals surface area (Å²) in [5.74, 6) is -0.654. The van der Waals surface area contributed by atoms with Crippen molar-refractivity contribution in [2.75, 3.05) is 0 Å². The van der Waals surface area contributed by atoms with Crippen LogP contribution in [0.15, 0.2) is 24.3 Å². The average Bonchev–Trinajstić information content (AvgIpc) is 2.63. The monoisotopic (exact) mass is 364 g/mol. The molecule has 0 bridgehead atoms. The van der Waals surface area contributed by atoms with Crippen LogP contribution in [0.1, 0.15) is 103 Å². The van der Waals surface area contributed by atoms with E-state index in [1.165, 1.54) is 44.9 Å². The molecular formula is C23H40O3. The average molecular weight is 365 g/mol. The van der Waals surface area contributed by atoms with Crippen molar-refractivity contribution < 1.29 is 14.7 Å². The highest BCUT2D eigenvalue weighted by atomic mass is 16.4. The second-order valence-corrected chi connectivity index (χ2v) is 7.36. The van der Waals surface area contributed by atoms with Crippen molar-refractivity contribution in [2.45, 2.75) is 103 Å². The zero-order chi connectivity index (χ0) is 19.5. The largest absolute Gasteiger partial charge is 0.478 e. The summed E-state index contributed by atoms with van der Waals surface area (Å²) in [6, 6.07) is 0. The second kappa shape index (κ2) is 18.4. The van der Waals surface area contributed by atoms with E-state index in [9.17, 15) is 9.59 Å². The fourth-order valence-corrected chi connectivity index (χ4v) is 3.07. The summed E-state index contributed by atoms with van der Waals surface area (Å²) in [4.78, 5) is 21.8. The van der Waals surface area contributed by atoms with Gasteiger partial charge < -0.3 is 9.90 Å². The Kier molecular flexibility index (Phi) is 17.4. The molecule has 0 saturated heterocycles. The number of hydrogen-bond acceptors (Lipinski definition) is 2. The third kappa shape index (κ3) is 16.1. The number of carboxylic acid groups (broad SMARTS) is 1. The first-order valence-corrected chi connectivity index (χ1v) is 10.6. The zero-order valence-corrected chi connectivity index (χ0v) is 16.9. The van der Waals surface area contributed by atoms with Gasteiger partial charge in [-0.15, -0.1) is 0 Å². The SMILES string of the molecule is C=C(CCCCCCCCCC(C=O)CCC=CCCCCC)C(=O)O. The molecule has 0 spiro atoms. The third-order valence-electron chi connectivity index (χ3n) is 4.89. The van der Waals surface area contributed by atoms with E-state index in [0.717, 1.165) is 51.2 Å². The van der Waals surface area contributed by atoms with E-state index in [2.05, 4.69) is 25.7 Å². The first kappa shape index (κ1) is 24.6. The number of aliphatic carboxylic acids is 1. The topological polar surface area (TPSA) is 54.4 Å². The van der Waals surface area contributed by atoms with Gasteiger partial charge in [0.05, 0.1) is 0 Å². The minimum atomic E-state index is -0.873. The van der Waals surface area contributed by atoms with Gasteiger partial charge in [0.2, 0.25) is 0 Å². The first-order valence-electron chi connectivity index (χ1n) is 10.6. The first-order chi connectivity index (χ1) is 12.6. The van der Waals surface area contributed by atoms with Crippen LogP contribution < -0.4 is 0 Å². The molecule has 0 aliphatic carbocycles. The molecule has 0 fully saturated rings. The summed E-state index contributed by atoms with van der Waals surface area (Å²) in [5.41, 5.74) is 0.320. The van der Waals surface area contributed by atoms with E-state index in [0.29, 0.717) is 12.0 Å². The van der Waals surface area contributed by atoms with Crippen LogP contribution in [0.5, 0.6) is 0 Å². The maximum absolute atomic E-state index is 11.2. The van der Waals surface area contributed by atoms with E-state index < -0.39 is 5.97 Å². The van der Waals surface area contributed by atoms with Crippen molar-refractivity contribution in [3.05, 3.63) is 24.3 Å². The molecule has 0 amide bonds. The van der Waals surface area contributed by atoms with Gasteiger partial charge in [-0.2, -0.15) is 0 Å². The molecule has 0 heterocycles. The van der Waals surface area contributed by atoms with Crippen molar-refractivity contribution in [3.8, 4) is 0 Å². The van der Waals surface area contributed by atoms with E-state index in [-0.39, 0.29) is 5.92 Å². The minimum Gasteiger partial charge on any atom is -0.478 e. The van der Waals surface area contributed by atoms with E-state index in [1.54, 1.807) is 0 Å². The van der Waals surface area contributed by atoms with Crippen molar-refractivity contribution in [2.24, 2.45) is 5.92 Å². The smallest absolute Gasteiger partial charge is 0.330 e. The minimum absolute atomic E-state index is 0.220. The lowest BCUT2D eigenvalue weighted by molar-refractivity contribution is -0.132. The van der Waals surface area contributed by atoms with Crippen LogP contribution in [0.3, 0.4) is 0 Å². The molecule has 0 aromatic carbocycles. The Morgan fingerprint density at radius 1 is 0.885 bits per heavy atom. The third-order valence-corrected chi connectivity index (χ3v) is 4.89. The molecule has 1 N–H and O–H groups in total. The van der Waals surface area contributed by atoms with Gasteiger partial charge in [0.25, 0.3) is 0 Å². The number of unbranched alkanes of at least 4 members (excludes halogenated alkanes) is 9. The van der Waals surface area contributed by atoms with Gasteiger partial charge in [-0.3, -0.25) is 0 Å². The molecule has 0 aliphatic heterocycles. The van der Waals surface area contributed by atoms with E-state index in [1.807, 2.05) is 0 Å². The Bertz CT molecular complexity index is 398. The Morgan fingerprint density at radius 2 is 1.50 bits per heavy atom. The number of carbonyl (C=O) groups is 2. The van der Waals surface area contributed by atoms with E-state index in [4.69, 9.17) is 5.11 Å². The van der Waals surface area contributed by atoms with Crippen molar-refractivity contribution in [1.29, 1.82) is 0 Å². The summed E-state index contributed by atoms with van der Waals surface area (Å²) >= 11 is 0. The molecule has 0 saturated carbocycles. The molecule has 3 nitrogen and oxygen atoms in total. The van der Waals surface area contributed by atoms with Crippen molar-refractivity contribution >= 4 is 12.3 Å². The standard InChI is InChI=1S/C23H40O3/c1-3-4-5-6-8-12-15-18-22(20-24)19-16-13-10-7-9-11-14-17-21(2)23(25)26/h8,12,20,22H,2-7,9-11,13-19H2,1H3,(H,25,26). The highest BCUT2D eigenvalue weighted by Gasteiger charge is 2.06. The van der Waals surface area contributed by atoms with Gasteiger partial charge in [-0.05, 0) is 44.9 Å². The molecule has 0 rings (SSSR count). The maximum Gasteiger partial charge on any atom is 0.330 e. The Labute approximate surface area is 161 Å². The summed E-state index contributed by atoms with van der Waals surface area (Å²) in [6.45, 7) is 5.77. The van der Waals surface area contributed by atoms with Crippen LogP contribution >= 0.6 is 0 Å². The predicted octanol–water partition coefficient (Wildman–Crippen LogP) is 6.87. The Hall–Kier alpha value is -1.38. The molecule has 26 heavy (non-hydrogen) atoms. The number of hydrogen-bond donors (Lipinski definition) is 1. The van der Waals surface area contributed by atoms with Crippen LogP contribution in [0, 0.1) is 5.92 Å². The molecule has 3 heteroatoms. The van der Waals surface area contributed by atoms with E-state index >= 15 is 0 Å². The lowest BCUT2D eigenvalue weighted by atomic mass is 9.96. The lowest BCUT2D eigenvalue weighted by Crippen LogP contribution is -2.01. The van der Waals surface area contributed by atoms with Crippen LogP contribution in [-0.4, -0.2) is 17.4 Å². The maximum atomic E-state index is 11.2. The van der Waals surface area contributed by atoms with Crippen molar-refractivity contribution in [3.63, 3.8) is 0 Å². The molecule has 0 aromatic rings. The van der Waals surface area contributed by atoms with Gasteiger partial charge in [0, 0.05) is 11.5 Å². The van der Waals surface area contributed by atoms with Gasteiger partial charge in [0.15, 0.2) is 0 Å². The van der Waals surface area contributed by atoms with Crippen LogP contribution in [-0.2, 0) is 9.59 Å². The molecule has 1 atom stereocenters. The Morgan fingerprint density at radius 3 is 2.12 bits per heavy atom. The predicted molar refractivity (Wildman–Crippen MR) is 110 cm³/mol. The highest BCUT2D eigenvalue weighted by molar-refractivity contribution is 5.85. The molecule has 0 aromatic heterocycles. The Balaban J connectivity index is 3.47. The fraction of sp³-hybridized carbons (Fsp3) is 0.739. The highest BCUT2D eigenvalue weighted by Crippen LogP contribution is 2.16. The lowest BCUT2D eigenvalue weighted by Gasteiger charge is -2.08. The van der Waals surface area contributed by atoms with Gasteiger partial charge in [-0.25, -0.2) is 4.79 Å². The van der Waals surface area contributed by atoms with Gasteiger partial charge >= 0.3 is 5.97 Å². The summed E-state index contributed by atoms with van der Waals surface area (Å²) in [5, 5.41) is 8.73. The number of allylic oxidation sites excluding steroid dienone is 2. The molecule has 1 unspecified atom stereocenters. The molecule has 0 radical (unpaired) electrons. The molecule has 150 valence electrons. The van der Waals surface area contributed by atoms with Crippen LogP contribution in [0.25, 0.3) is 0 Å². The summed E-state index contributed by atoms with van der Waals surface area (Å²) in [6.07, 6.45) is 22.2. The second-order valence-electron chi connectivity index (χ2n) is 7.36. The van der Waals surface area contributed by atoms with Crippen LogP contribution in [0.4, 0.5) is 0 Å². The number of carbonyl (C=O) groups excluding carboxylic acids is 1. The fourth-order valence-electron chi connectivity index (χ4n) is 3.07. The molecular weight excluding hydrogens is 324 g/mol. The van der Waals surface area contributed by atoms with Crippen molar-refractivity contribution in [1.82, 2.24) is 0 Å². The number of carboxylic acids is 1. The zero-order valence-electron chi connectivity index (χ0n) is 16.9. The number of rotatable bonds is 19. The van der Waals surface area contributed by atoms with Gasteiger partial charge in [-0.1, -0.05) is 77.0 Å². The van der Waals surface area contributed by atoms with Gasteiger partial charge in [0.1, 0.15) is 6.29 Å². The summed E-state index contributed by atoms with van der Waals surface area (Å²) < 4.78 is 0. The van der Waals surface area contributed by atoms with Crippen LogP contribution in [0.2, 0.25) is 0 Å². The summed E-state index contributed by atoms with van der Waals surface area (Å²) in [7, 11) is 0.